The number of hydrogen-bond acceptors (Lipinski definition) is 3. The van der Waals surface area contributed by atoms with Crippen LogP contribution in [0.2, 0.25) is 0 Å². The number of rotatable bonds is 6. The van der Waals surface area contributed by atoms with Crippen molar-refractivity contribution in [3.05, 3.63) is 192 Å². The molecule has 12 rings (SSSR count). The lowest BCUT2D eigenvalue weighted by molar-refractivity contribution is 0.881. The molecule has 0 spiro atoms. The zero-order valence-electron chi connectivity index (χ0n) is 32.7. The summed E-state index contributed by atoms with van der Waals surface area (Å²) in [4.78, 5) is 15.3. The van der Waals surface area contributed by atoms with E-state index in [9.17, 15) is 0 Å². The van der Waals surface area contributed by atoms with Crippen molar-refractivity contribution < 1.29 is 0 Å². The van der Waals surface area contributed by atoms with Crippen LogP contribution < -0.4 is 0 Å². The van der Waals surface area contributed by atoms with E-state index in [4.69, 9.17) is 15.0 Å². The molecule has 0 bridgehead atoms. The Bertz CT molecular complexity index is 3240. The third-order valence-electron chi connectivity index (χ3n) is 12.3. The molecule has 0 radical (unpaired) electrons. The molecule has 0 amide bonds. The van der Waals surface area contributed by atoms with E-state index in [0.29, 0.717) is 17.5 Å². The Morgan fingerprint density at radius 3 is 1.81 bits per heavy atom. The Kier molecular flexibility index (Phi) is 7.64. The Morgan fingerprint density at radius 1 is 0.475 bits per heavy atom. The van der Waals surface area contributed by atoms with Gasteiger partial charge in [0.05, 0.1) is 16.6 Å². The summed E-state index contributed by atoms with van der Waals surface area (Å²) >= 11 is 0. The fourth-order valence-electron chi connectivity index (χ4n) is 9.75. The molecule has 2 aliphatic carbocycles. The van der Waals surface area contributed by atoms with Crippen LogP contribution in [0.25, 0.3) is 95.5 Å². The van der Waals surface area contributed by atoms with Crippen LogP contribution in [0.4, 0.5) is 0 Å². The zero-order chi connectivity index (χ0) is 39.0. The van der Waals surface area contributed by atoms with Crippen molar-refractivity contribution in [2.24, 2.45) is 0 Å². The van der Waals surface area contributed by atoms with E-state index in [0.717, 1.165) is 53.6 Å². The summed E-state index contributed by atoms with van der Waals surface area (Å²) in [6, 6.07) is 56.4. The fraction of sp³-hybridized carbons (Fsp3) is 0.0926. The zero-order valence-corrected chi connectivity index (χ0v) is 32.7. The van der Waals surface area contributed by atoms with Crippen molar-refractivity contribution in [2.45, 2.75) is 32.6 Å². The highest BCUT2D eigenvalue weighted by Crippen LogP contribution is 2.47. The van der Waals surface area contributed by atoms with E-state index in [1.807, 2.05) is 36.4 Å². The number of benzene rings is 7. The monoisotopic (exact) mass is 757 g/mol. The predicted octanol–water partition coefficient (Wildman–Crippen LogP) is 12.9. The van der Waals surface area contributed by atoms with E-state index in [-0.39, 0.29) is 0 Å². The maximum atomic E-state index is 5.14. The minimum Gasteiger partial charge on any atom is -0.313 e. The lowest BCUT2D eigenvalue weighted by atomic mass is 9.89. The van der Waals surface area contributed by atoms with Gasteiger partial charge in [0.1, 0.15) is 0 Å². The molecule has 3 heterocycles. The van der Waals surface area contributed by atoms with Crippen molar-refractivity contribution >= 4 is 38.8 Å². The molecule has 10 aromatic rings. The number of nitrogens with zero attached hydrogens (tertiary/aromatic N) is 5. The minimum atomic E-state index is 0.667. The summed E-state index contributed by atoms with van der Waals surface area (Å²) < 4.78 is 5.09. The van der Waals surface area contributed by atoms with E-state index in [1.54, 1.807) is 0 Å². The van der Waals surface area contributed by atoms with Crippen LogP contribution >= 0.6 is 0 Å². The lowest BCUT2D eigenvalue weighted by Gasteiger charge is -2.19. The molecule has 0 aliphatic heterocycles. The first-order valence-electron chi connectivity index (χ1n) is 20.6. The molecule has 7 aromatic carbocycles. The predicted molar refractivity (Wildman–Crippen MR) is 242 cm³/mol. The Balaban J connectivity index is 1.09. The first-order chi connectivity index (χ1) is 29.2. The standard InChI is InChI=1S/C54H39N5/c1-34-30-40(54-56-52(38-16-7-3-8-17-38)55-53(57-54)39-18-9-4-10-19-39)32-42(31-34)59-46-22-12-11-21-43(46)45-33-48-50-44(51(45)59)29-26-37-20-13-23-47(49(37)50)58(48)41-27-24-36(25-28-41)35-14-5-2-6-15-35/h2-11,13-21,23-25,27-28,30-33H,12,22,26,29H2,1H3. The Morgan fingerprint density at radius 2 is 1.12 bits per heavy atom. The van der Waals surface area contributed by atoms with Crippen molar-refractivity contribution in [1.82, 2.24) is 24.1 Å². The summed E-state index contributed by atoms with van der Waals surface area (Å²) in [5.74, 6) is 2.00. The van der Waals surface area contributed by atoms with Crippen LogP contribution in [-0.2, 0) is 19.3 Å². The molecule has 0 saturated heterocycles. The maximum Gasteiger partial charge on any atom is 0.164 e. The van der Waals surface area contributed by atoms with Crippen LogP contribution in [0.5, 0.6) is 0 Å². The van der Waals surface area contributed by atoms with Crippen LogP contribution in [0.1, 0.15) is 34.4 Å². The molecule has 0 unspecified atom stereocenters. The first-order valence-corrected chi connectivity index (χ1v) is 20.6. The smallest absolute Gasteiger partial charge is 0.164 e. The van der Waals surface area contributed by atoms with Crippen molar-refractivity contribution in [3.8, 4) is 56.7 Å². The van der Waals surface area contributed by atoms with Gasteiger partial charge < -0.3 is 9.13 Å². The summed E-state index contributed by atoms with van der Waals surface area (Å²) in [6.45, 7) is 2.19. The summed E-state index contributed by atoms with van der Waals surface area (Å²) in [6.07, 6.45) is 8.69. The number of fused-ring (bicyclic) bond motifs is 4. The maximum absolute atomic E-state index is 5.14. The first kappa shape index (κ1) is 33.7. The van der Waals surface area contributed by atoms with Gasteiger partial charge in [-0.25, -0.2) is 15.0 Å². The average Bonchev–Trinajstić information content (AvgIpc) is 3.82. The lowest BCUT2D eigenvalue weighted by Crippen LogP contribution is -2.07. The van der Waals surface area contributed by atoms with Gasteiger partial charge in [0.2, 0.25) is 0 Å². The van der Waals surface area contributed by atoms with E-state index in [1.165, 1.54) is 71.9 Å². The molecule has 0 saturated carbocycles. The molecule has 0 N–H and O–H groups in total. The van der Waals surface area contributed by atoms with Gasteiger partial charge in [-0.1, -0.05) is 127 Å². The van der Waals surface area contributed by atoms with Crippen LogP contribution in [-0.4, -0.2) is 24.1 Å². The van der Waals surface area contributed by atoms with Gasteiger partial charge in [0, 0.05) is 55.5 Å². The van der Waals surface area contributed by atoms with Crippen LogP contribution in [0, 0.1) is 6.92 Å². The highest BCUT2D eigenvalue weighted by atomic mass is 15.0. The van der Waals surface area contributed by atoms with E-state index in [2.05, 4.69) is 150 Å². The third kappa shape index (κ3) is 5.42. The SMILES string of the molecule is Cc1cc(-c2nc(-c3ccccc3)nc(-c3ccccc3)n2)cc(-n2c3c(c4cc5c6c(c42)CCc2cccc(c26)n5-c2ccc(-c4ccccc4)cc2)C=CCC3)c1. The molecular weight excluding hydrogens is 719 g/mol. The molecule has 59 heavy (non-hydrogen) atoms. The van der Waals surface area contributed by atoms with Crippen molar-refractivity contribution in [1.29, 1.82) is 0 Å². The molecular formula is C54H39N5. The van der Waals surface area contributed by atoms with Gasteiger partial charge in [-0.15, -0.1) is 0 Å². The summed E-state index contributed by atoms with van der Waals surface area (Å²) in [5.41, 5.74) is 18.3. The normalized spacial score (nSPS) is 13.2. The fourth-order valence-corrected chi connectivity index (χ4v) is 9.75. The Labute approximate surface area is 342 Å². The summed E-state index contributed by atoms with van der Waals surface area (Å²) in [7, 11) is 0. The minimum absolute atomic E-state index is 0.667. The van der Waals surface area contributed by atoms with Crippen molar-refractivity contribution in [3.63, 3.8) is 0 Å². The second-order valence-corrected chi connectivity index (χ2v) is 15.9. The molecule has 280 valence electrons. The third-order valence-corrected chi connectivity index (χ3v) is 12.3. The molecule has 5 heteroatoms. The largest absolute Gasteiger partial charge is 0.313 e. The van der Waals surface area contributed by atoms with Gasteiger partial charge in [-0.2, -0.15) is 0 Å². The topological polar surface area (TPSA) is 48.5 Å². The molecule has 0 atom stereocenters. The number of allylic oxidation sites excluding steroid dienone is 1. The van der Waals surface area contributed by atoms with Gasteiger partial charge in [-0.3, -0.25) is 0 Å². The van der Waals surface area contributed by atoms with Crippen molar-refractivity contribution in [2.75, 3.05) is 0 Å². The van der Waals surface area contributed by atoms with Gasteiger partial charge in [0.15, 0.2) is 17.5 Å². The van der Waals surface area contributed by atoms with Gasteiger partial charge >= 0.3 is 0 Å². The highest BCUT2D eigenvalue weighted by molar-refractivity contribution is 6.19. The van der Waals surface area contributed by atoms with Crippen LogP contribution in [0.3, 0.4) is 0 Å². The second-order valence-electron chi connectivity index (χ2n) is 15.9. The second kappa shape index (κ2) is 13.4. The van der Waals surface area contributed by atoms with E-state index >= 15 is 0 Å². The number of aromatic nitrogens is 5. The highest BCUT2D eigenvalue weighted by Gasteiger charge is 2.29. The van der Waals surface area contributed by atoms with E-state index < -0.39 is 0 Å². The average molecular weight is 758 g/mol. The molecule has 3 aromatic heterocycles. The number of hydrogen-bond donors (Lipinski definition) is 0. The quantitative estimate of drug-likeness (QED) is 0.170. The Hall–Kier alpha value is -7.37. The molecule has 0 fully saturated rings. The number of aryl methyl sites for hydroxylation is 3. The van der Waals surface area contributed by atoms with Gasteiger partial charge in [-0.05, 0) is 103 Å². The molecule has 5 nitrogen and oxygen atoms in total. The molecule has 2 aliphatic rings. The van der Waals surface area contributed by atoms with Gasteiger partial charge in [0.25, 0.3) is 0 Å². The van der Waals surface area contributed by atoms with Crippen LogP contribution in [0.15, 0.2) is 164 Å². The summed E-state index contributed by atoms with van der Waals surface area (Å²) in [5, 5.41) is 4.08.